The molecule has 0 bridgehead atoms. The molecule has 3 heteroatoms. The van der Waals surface area contributed by atoms with Crippen LogP contribution in [0.1, 0.15) is 33.9 Å². The monoisotopic (exact) mass is 693 g/mol. The summed E-state index contributed by atoms with van der Waals surface area (Å²) in [5.41, 5.74) is 21.4. The van der Waals surface area contributed by atoms with E-state index in [1.807, 2.05) is 6.07 Å². The second-order valence-corrected chi connectivity index (χ2v) is 13.6. The topological polar surface area (TPSA) is 41.3 Å². The summed E-state index contributed by atoms with van der Waals surface area (Å²) in [6, 6.07) is 72.5. The van der Waals surface area contributed by atoms with Crippen LogP contribution >= 0.6 is 0 Å². The van der Waals surface area contributed by atoms with Crippen LogP contribution in [0.4, 0.5) is 17.1 Å². The summed E-state index contributed by atoms with van der Waals surface area (Å²) >= 11 is 0. The van der Waals surface area contributed by atoms with E-state index < -0.39 is 0 Å². The normalized spacial score (nSPS) is 13.7. The molecule has 1 atom stereocenters. The fourth-order valence-corrected chi connectivity index (χ4v) is 7.53. The number of para-hydroxylation sites is 1. The van der Waals surface area contributed by atoms with E-state index in [2.05, 4.69) is 216 Å². The van der Waals surface area contributed by atoms with Crippen molar-refractivity contribution >= 4 is 50.9 Å². The quantitative estimate of drug-likeness (QED) is 0.166. The van der Waals surface area contributed by atoms with Gasteiger partial charge < -0.3 is 16.0 Å². The lowest BCUT2D eigenvalue weighted by atomic mass is 9.86. The van der Waals surface area contributed by atoms with E-state index in [4.69, 9.17) is 5.73 Å². The van der Waals surface area contributed by atoms with Gasteiger partial charge in [0.1, 0.15) is 0 Å². The number of nitrogens with zero attached hydrogens (tertiary/aromatic N) is 1. The zero-order valence-electron chi connectivity index (χ0n) is 29.8. The summed E-state index contributed by atoms with van der Waals surface area (Å²) in [6.07, 6.45) is 2.25. The molecule has 3 N–H and O–H groups in total. The summed E-state index contributed by atoms with van der Waals surface area (Å²) in [6.45, 7) is 0. The Hall–Kier alpha value is -6.94. The SMILES string of the molecule is NC(/C(=C1\NC(c2ccccc2)=Cc2ccc(N(c3ccccc3)c3ccc(-c4ccc5ccccc5c4)cc3)cc21)c1ccccc1)c1ccccc1. The van der Waals surface area contributed by atoms with Gasteiger partial charge in [0.15, 0.2) is 0 Å². The van der Waals surface area contributed by atoms with E-state index >= 15 is 0 Å². The van der Waals surface area contributed by atoms with Gasteiger partial charge in [-0.1, -0.05) is 164 Å². The first-order valence-electron chi connectivity index (χ1n) is 18.4. The molecular formula is C51H39N3. The van der Waals surface area contributed by atoms with E-state index in [1.54, 1.807) is 0 Å². The predicted octanol–water partition coefficient (Wildman–Crippen LogP) is 12.6. The van der Waals surface area contributed by atoms with Crippen molar-refractivity contribution in [3.8, 4) is 11.1 Å². The van der Waals surface area contributed by atoms with Gasteiger partial charge in [-0.25, -0.2) is 0 Å². The number of fused-ring (bicyclic) bond motifs is 2. The van der Waals surface area contributed by atoms with Crippen LogP contribution in [-0.2, 0) is 0 Å². The van der Waals surface area contributed by atoms with E-state index in [0.717, 1.165) is 61.8 Å². The first kappa shape index (κ1) is 32.9. The number of rotatable bonds is 8. The van der Waals surface area contributed by atoms with Gasteiger partial charge in [0.05, 0.1) is 11.7 Å². The molecule has 0 saturated heterocycles. The molecular weight excluding hydrogens is 655 g/mol. The maximum absolute atomic E-state index is 7.29. The third-order valence-electron chi connectivity index (χ3n) is 10.3. The zero-order chi connectivity index (χ0) is 36.3. The van der Waals surface area contributed by atoms with Crippen LogP contribution in [0.5, 0.6) is 0 Å². The van der Waals surface area contributed by atoms with Crippen molar-refractivity contribution in [1.82, 2.24) is 5.32 Å². The number of hydrogen-bond acceptors (Lipinski definition) is 3. The average Bonchev–Trinajstić information content (AvgIpc) is 3.25. The Kier molecular flexibility index (Phi) is 8.90. The molecule has 0 saturated carbocycles. The molecule has 0 radical (unpaired) electrons. The lowest BCUT2D eigenvalue weighted by Gasteiger charge is -2.31. The Bertz CT molecular complexity index is 2610. The van der Waals surface area contributed by atoms with E-state index in [9.17, 15) is 0 Å². The van der Waals surface area contributed by atoms with Gasteiger partial charge in [-0.2, -0.15) is 0 Å². The Labute approximate surface area is 317 Å². The largest absolute Gasteiger partial charge is 0.354 e. The highest BCUT2D eigenvalue weighted by Gasteiger charge is 2.26. The molecule has 1 aliphatic rings. The van der Waals surface area contributed by atoms with Crippen LogP contribution in [0.2, 0.25) is 0 Å². The van der Waals surface area contributed by atoms with Crippen molar-refractivity contribution in [1.29, 1.82) is 0 Å². The minimum Gasteiger partial charge on any atom is -0.354 e. The summed E-state index contributed by atoms with van der Waals surface area (Å²) in [4.78, 5) is 2.33. The standard InChI is InChI=1S/C51H39N3/c52-50(40-20-9-3-10-21-40)49(39-18-7-2-8-19-39)51-47-35-46(32-29-43(47)34-48(53-51)38-16-5-1-6-17-38)54(44-23-11-4-12-24-44)45-30-27-37(28-31-45)42-26-25-36-15-13-14-22-41(36)33-42/h1-35,50,53H,52H2/b51-49-. The second-order valence-electron chi connectivity index (χ2n) is 13.6. The maximum Gasteiger partial charge on any atom is 0.0578 e. The van der Waals surface area contributed by atoms with Crippen LogP contribution < -0.4 is 16.0 Å². The molecule has 1 heterocycles. The molecule has 0 amide bonds. The van der Waals surface area contributed by atoms with Crippen molar-refractivity contribution in [3.63, 3.8) is 0 Å². The lowest BCUT2D eigenvalue weighted by molar-refractivity contribution is 0.928. The number of nitrogens with one attached hydrogen (secondary N) is 1. The van der Waals surface area contributed by atoms with Crippen LogP contribution in [0.25, 0.3) is 44.9 Å². The van der Waals surface area contributed by atoms with Crippen molar-refractivity contribution < 1.29 is 0 Å². The first-order valence-corrected chi connectivity index (χ1v) is 18.4. The maximum atomic E-state index is 7.29. The van der Waals surface area contributed by atoms with Gasteiger partial charge in [-0.3, -0.25) is 0 Å². The Morgan fingerprint density at radius 3 is 1.76 bits per heavy atom. The molecule has 0 spiro atoms. The molecule has 54 heavy (non-hydrogen) atoms. The molecule has 1 aliphatic heterocycles. The van der Waals surface area contributed by atoms with Gasteiger partial charge in [0.2, 0.25) is 0 Å². The molecule has 8 aromatic rings. The summed E-state index contributed by atoms with van der Waals surface area (Å²) < 4.78 is 0. The molecule has 9 rings (SSSR count). The highest BCUT2D eigenvalue weighted by Crippen LogP contribution is 2.43. The van der Waals surface area contributed by atoms with Crippen molar-refractivity contribution in [2.24, 2.45) is 5.73 Å². The smallest absolute Gasteiger partial charge is 0.0578 e. The van der Waals surface area contributed by atoms with Crippen LogP contribution in [0, 0.1) is 0 Å². The van der Waals surface area contributed by atoms with Crippen molar-refractivity contribution in [2.75, 3.05) is 4.90 Å². The fraction of sp³-hybridized carbons (Fsp3) is 0.0196. The van der Waals surface area contributed by atoms with E-state index in [-0.39, 0.29) is 6.04 Å². The molecule has 8 aromatic carbocycles. The fourth-order valence-electron chi connectivity index (χ4n) is 7.53. The van der Waals surface area contributed by atoms with Gasteiger partial charge >= 0.3 is 0 Å². The summed E-state index contributed by atoms with van der Waals surface area (Å²) in [5, 5.41) is 6.38. The summed E-state index contributed by atoms with van der Waals surface area (Å²) in [7, 11) is 0. The Balaban J connectivity index is 1.21. The molecule has 0 aliphatic carbocycles. The number of hydrogen-bond donors (Lipinski definition) is 2. The number of benzene rings is 8. The van der Waals surface area contributed by atoms with Crippen molar-refractivity contribution in [2.45, 2.75) is 6.04 Å². The molecule has 3 nitrogen and oxygen atoms in total. The van der Waals surface area contributed by atoms with Gasteiger partial charge in [-0.15, -0.1) is 0 Å². The number of anilines is 3. The van der Waals surface area contributed by atoms with Crippen LogP contribution in [0.3, 0.4) is 0 Å². The second kappa shape index (κ2) is 14.6. The Morgan fingerprint density at radius 1 is 0.463 bits per heavy atom. The summed E-state index contributed by atoms with van der Waals surface area (Å²) in [5.74, 6) is 0. The average molecular weight is 694 g/mol. The Morgan fingerprint density at radius 2 is 1.04 bits per heavy atom. The van der Waals surface area contributed by atoms with Crippen molar-refractivity contribution in [3.05, 3.63) is 234 Å². The minimum absolute atomic E-state index is 0.379. The first-order chi connectivity index (χ1) is 26.7. The predicted molar refractivity (Wildman–Crippen MR) is 228 cm³/mol. The minimum atomic E-state index is -0.379. The number of nitrogens with two attached hydrogens (primary N) is 1. The van der Waals surface area contributed by atoms with Gasteiger partial charge in [-0.05, 0) is 92.7 Å². The molecule has 0 fully saturated rings. The molecule has 1 unspecified atom stereocenters. The van der Waals surface area contributed by atoms with Gasteiger partial charge in [0.25, 0.3) is 0 Å². The third kappa shape index (κ3) is 6.49. The zero-order valence-corrected chi connectivity index (χ0v) is 29.8. The highest BCUT2D eigenvalue weighted by molar-refractivity contribution is 6.04. The highest BCUT2D eigenvalue weighted by atomic mass is 15.1. The van der Waals surface area contributed by atoms with Gasteiger partial charge in [0, 0.05) is 33.9 Å². The molecule has 0 aromatic heterocycles. The van der Waals surface area contributed by atoms with E-state index in [1.165, 1.54) is 21.9 Å². The van der Waals surface area contributed by atoms with Crippen LogP contribution in [-0.4, -0.2) is 0 Å². The van der Waals surface area contributed by atoms with Crippen LogP contribution in [0.15, 0.2) is 206 Å². The third-order valence-corrected chi connectivity index (χ3v) is 10.3. The molecule has 258 valence electrons. The van der Waals surface area contributed by atoms with E-state index in [0.29, 0.717) is 0 Å². The lowest BCUT2D eigenvalue weighted by Crippen LogP contribution is -2.23.